The van der Waals surface area contributed by atoms with Gasteiger partial charge in [-0.3, -0.25) is 0 Å². The molecule has 1 N–H and O–H groups in total. The molecule has 0 aliphatic heterocycles. The van der Waals surface area contributed by atoms with E-state index in [2.05, 4.69) is 15.0 Å². The van der Waals surface area contributed by atoms with Gasteiger partial charge in [-0.25, -0.2) is 4.98 Å². The number of hydrogen-bond acceptors (Lipinski definition) is 6. The van der Waals surface area contributed by atoms with Crippen LogP contribution in [-0.4, -0.2) is 26.2 Å². The lowest BCUT2D eigenvalue weighted by Crippen LogP contribution is -2.10. The molecule has 0 saturated heterocycles. The number of ether oxygens (including phenoxy) is 1. The van der Waals surface area contributed by atoms with Crippen molar-refractivity contribution in [3.05, 3.63) is 66.7 Å². The van der Waals surface area contributed by atoms with Crippen molar-refractivity contribution in [1.82, 2.24) is 15.0 Å². The summed E-state index contributed by atoms with van der Waals surface area (Å²) in [7, 11) is 0. The Bertz CT molecular complexity index is 1380. The molecule has 6 heteroatoms. The Kier molecular flexibility index (Phi) is 4.32. The zero-order valence-corrected chi connectivity index (χ0v) is 16.5. The van der Waals surface area contributed by atoms with Gasteiger partial charge in [0.15, 0.2) is 11.6 Å². The Morgan fingerprint density at radius 3 is 2.23 bits per heavy atom. The minimum Gasteiger partial charge on any atom is -0.507 e. The molecule has 0 fully saturated rings. The van der Waals surface area contributed by atoms with Gasteiger partial charge in [0.25, 0.3) is 0 Å². The highest BCUT2D eigenvalue weighted by molar-refractivity contribution is 6.11. The van der Waals surface area contributed by atoms with Crippen molar-refractivity contribution in [3.8, 4) is 34.5 Å². The molecule has 2 heterocycles. The van der Waals surface area contributed by atoms with E-state index in [4.69, 9.17) is 9.15 Å². The number of phenolic OH excluding ortho intramolecular Hbond substituents is 1. The molecule has 3 aromatic carbocycles. The van der Waals surface area contributed by atoms with E-state index >= 15 is 0 Å². The Balaban J connectivity index is 1.79. The van der Waals surface area contributed by atoms with Gasteiger partial charge < -0.3 is 14.3 Å². The number of furan rings is 1. The van der Waals surface area contributed by atoms with E-state index in [-0.39, 0.29) is 17.9 Å². The number of hydrogen-bond donors (Lipinski definition) is 1. The van der Waals surface area contributed by atoms with Crippen LogP contribution in [0.2, 0.25) is 0 Å². The van der Waals surface area contributed by atoms with E-state index < -0.39 is 0 Å². The maximum absolute atomic E-state index is 10.3. The second kappa shape index (κ2) is 7.15. The van der Waals surface area contributed by atoms with Crippen LogP contribution in [0.4, 0.5) is 0 Å². The summed E-state index contributed by atoms with van der Waals surface area (Å²) in [5.74, 6) is 0.895. The lowest BCUT2D eigenvalue weighted by atomic mass is 10.1. The molecular formula is C24H19N3O3. The van der Waals surface area contributed by atoms with Crippen molar-refractivity contribution < 1.29 is 14.3 Å². The normalized spacial score (nSPS) is 11.4. The first kappa shape index (κ1) is 18.1. The third-order valence-electron chi connectivity index (χ3n) is 4.74. The van der Waals surface area contributed by atoms with Crippen LogP contribution in [0.25, 0.3) is 44.7 Å². The molecule has 2 aromatic heterocycles. The summed E-state index contributed by atoms with van der Waals surface area (Å²) in [5, 5.41) is 12.2. The van der Waals surface area contributed by atoms with Crippen molar-refractivity contribution >= 4 is 21.9 Å². The third kappa shape index (κ3) is 3.12. The molecule has 30 heavy (non-hydrogen) atoms. The van der Waals surface area contributed by atoms with Crippen molar-refractivity contribution in [1.29, 1.82) is 0 Å². The smallest absolute Gasteiger partial charge is 0.320 e. The average Bonchev–Trinajstić information content (AvgIpc) is 3.12. The molecule has 0 saturated carbocycles. The number of rotatable bonds is 4. The topological polar surface area (TPSA) is 81.3 Å². The fourth-order valence-electron chi connectivity index (χ4n) is 3.48. The van der Waals surface area contributed by atoms with Gasteiger partial charge in [-0.1, -0.05) is 42.5 Å². The summed E-state index contributed by atoms with van der Waals surface area (Å²) < 4.78 is 11.8. The number of phenols is 1. The number of nitrogens with zero attached hydrogens (tertiary/aromatic N) is 3. The van der Waals surface area contributed by atoms with Crippen molar-refractivity contribution in [2.45, 2.75) is 20.0 Å². The van der Waals surface area contributed by atoms with E-state index in [1.807, 2.05) is 62.4 Å². The molecule has 0 amide bonds. The van der Waals surface area contributed by atoms with Gasteiger partial charge >= 0.3 is 6.01 Å². The average molecular weight is 397 g/mol. The van der Waals surface area contributed by atoms with Crippen LogP contribution in [0.15, 0.2) is 71.1 Å². The molecule has 0 bridgehead atoms. The summed E-state index contributed by atoms with van der Waals surface area (Å²) in [6, 6.07) is 20.8. The lowest BCUT2D eigenvalue weighted by molar-refractivity contribution is 0.222. The van der Waals surface area contributed by atoms with E-state index in [1.165, 1.54) is 0 Å². The molecule has 0 aliphatic rings. The standard InChI is InChI=1S/C24H19N3O3/c1-14(2)29-24-26-22(15-8-3-5-11-18(15)28)25-23(27-24)17-10-7-13-20-21(17)16-9-4-6-12-19(16)30-20/h3-14,28H,1-2H3. The maximum Gasteiger partial charge on any atom is 0.320 e. The minimum absolute atomic E-state index is 0.0946. The Labute approximate surface area is 172 Å². The quantitative estimate of drug-likeness (QED) is 0.425. The summed E-state index contributed by atoms with van der Waals surface area (Å²) >= 11 is 0. The number of aromatic nitrogens is 3. The third-order valence-corrected chi connectivity index (χ3v) is 4.74. The maximum atomic E-state index is 10.3. The van der Waals surface area contributed by atoms with Crippen LogP contribution in [0.1, 0.15) is 13.8 Å². The number of fused-ring (bicyclic) bond motifs is 3. The van der Waals surface area contributed by atoms with Crippen LogP contribution in [0.3, 0.4) is 0 Å². The van der Waals surface area contributed by atoms with E-state index in [0.717, 1.165) is 27.5 Å². The second-order valence-electron chi connectivity index (χ2n) is 7.23. The van der Waals surface area contributed by atoms with Crippen molar-refractivity contribution in [3.63, 3.8) is 0 Å². The molecule has 0 radical (unpaired) electrons. The van der Waals surface area contributed by atoms with Gasteiger partial charge in [0, 0.05) is 16.3 Å². The second-order valence-corrected chi connectivity index (χ2v) is 7.23. The van der Waals surface area contributed by atoms with Gasteiger partial charge in [-0.15, -0.1) is 0 Å². The van der Waals surface area contributed by atoms with E-state index in [9.17, 15) is 5.11 Å². The molecular weight excluding hydrogens is 378 g/mol. The molecule has 5 rings (SSSR count). The summed E-state index contributed by atoms with van der Waals surface area (Å²) in [4.78, 5) is 13.7. The predicted molar refractivity (Wildman–Crippen MR) is 115 cm³/mol. The lowest BCUT2D eigenvalue weighted by Gasteiger charge is -2.12. The van der Waals surface area contributed by atoms with Gasteiger partial charge in [-0.05, 0) is 38.1 Å². The van der Waals surface area contributed by atoms with Gasteiger partial charge in [0.1, 0.15) is 16.9 Å². The van der Waals surface area contributed by atoms with Crippen molar-refractivity contribution in [2.24, 2.45) is 0 Å². The zero-order chi connectivity index (χ0) is 20.7. The molecule has 5 aromatic rings. The van der Waals surface area contributed by atoms with Crippen LogP contribution >= 0.6 is 0 Å². The predicted octanol–water partition coefficient (Wildman–Crippen LogP) is 5.60. The molecule has 0 aliphatic carbocycles. The Morgan fingerprint density at radius 1 is 0.767 bits per heavy atom. The molecule has 0 atom stereocenters. The van der Waals surface area contributed by atoms with Crippen molar-refractivity contribution in [2.75, 3.05) is 0 Å². The van der Waals surface area contributed by atoms with Gasteiger partial charge in [-0.2, -0.15) is 9.97 Å². The fraction of sp³-hybridized carbons (Fsp3) is 0.125. The summed E-state index contributed by atoms with van der Waals surface area (Å²) in [6.45, 7) is 3.82. The minimum atomic E-state index is -0.108. The van der Waals surface area contributed by atoms with Crippen LogP contribution in [0.5, 0.6) is 11.8 Å². The van der Waals surface area contributed by atoms with Crippen LogP contribution < -0.4 is 4.74 Å². The Hall–Kier alpha value is -3.93. The number of para-hydroxylation sites is 2. The Morgan fingerprint density at radius 2 is 1.43 bits per heavy atom. The van der Waals surface area contributed by atoms with Crippen LogP contribution in [-0.2, 0) is 0 Å². The summed E-state index contributed by atoms with van der Waals surface area (Å²) in [6.07, 6.45) is -0.108. The highest BCUT2D eigenvalue weighted by atomic mass is 16.5. The largest absolute Gasteiger partial charge is 0.507 e. The fourth-order valence-corrected chi connectivity index (χ4v) is 3.48. The SMILES string of the molecule is CC(C)Oc1nc(-c2ccccc2O)nc(-c2cccc3oc4ccccc4c23)n1. The van der Waals surface area contributed by atoms with E-state index in [1.54, 1.807) is 18.2 Å². The first-order valence-corrected chi connectivity index (χ1v) is 9.72. The number of benzene rings is 3. The highest BCUT2D eigenvalue weighted by Gasteiger charge is 2.18. The molecule has 6 nitrogen and oxygen atoms in total. The number of aromatic hydroxyl groups is 1. The highest BCUT2D eigenvalue weighted by Crippen LogP contribution is 2.36. The molecule has 0 unspecified atom stereocenters. The van der Waals surface area contributed by atoms with Crippen LogP contribution in [0, 0.1) is 0 Å². The first-order valence-electron chi connectivity index (χ1n) is 9.72. The zero-order valence-electron chi connectivity index (χ0n) is 16.5. The molecule has 0 spiro atoms. The molecule has 148 valence electrons. The summed E-state index contributed by atoms with van der Waals surface area (Å²) in [5.41, 5.74) is 2.88. The van der Waals surface area contributed by atoms with E-state index in [0.29, 0.717) is 17.2 Å². The first-order chi connectivity index (χ1) is 14.6. The van der Waals surface area contributed by atoms with Gasteiger partial charge in [0.2, 0.25) is 0 Å². The van der Waals surface area contributed by atoms with Gasteiger partial charge in [0.05, 0.1) is 11.7 Å². The monoisotopic (exact) mass is 397 g/mol.